The van der Waals surface area contributed by atoms with Crippen LogP contribution in [0.3, 0.4) is 0 Å². The summed E-state index contributed by atoms with van der Waals surface area (Å²) in [4.78, 5) is 21.0. The quantitative estimate of drug-likeness (QED) is 0.598. The molecule has 0 bridgehead atoms. The van der Waals surface area contributed by atoms with Crippen LogP contribution in [0.1, 0.15) is 12.8 Å². The second-order valence-corrected chi connectivity index (χ2v) is 2.67. The molecule has 0 saturated carbocycles. The smallest absolute Gasteiger partial charge is 0.332 e. The molecule has 0 aliphatic heterocycles. The van der Waals surface area contributed by atoms with Crippen LogP contribution in [0.25, 0.3) is 0 Å². The lowest BCUT2D eigenvalue weighted by Gasteiger charge is -1.94. The highest BCUT2D eigenvalue weighted by Gasteiger charge is 2.26. The molecule has 1 aliphatic rings. The molecule has 0 heterocycles. The first-order valence-electron chi connectivity index (χ1n) is 3.37. The monoisotopic (exact) mass is 168 g/mol. The van der Waals surface area contributed by atoms with Gasteiger partial charge in [0.2, 0.25) is 0 Å². The molecule has 4 heteroatoms. The van der Waals surface area contributed by atoms with E-state index in [2.05, 4.69) is 6.58 Å². The summed E-state index contributed by atoms with van der Waals surface area (Å²) in [6.07, 6.45) is 0.355. The Labute approximate surface area is 68.8 Å². The molecule has 0 fully saturated rings. The summed E-state index contributed by atoms with van der Waals surface area (Å²) in [6, 6.07) is 0. The van der Waals surface area contributed by atoms with Crippen LogP contribution in [0, 0.1) is 0 Å². The second-order valence-electron chi connectivity index (χ2n) is 2.67. The van der Waals surface area contributed by atoms with Crippen LogP contribution in [0.5, 0.6) is 0 Å². The van der Waals surface area contributed by atoms with Gasteiger partial charge in [0.25, 0.3) is 0 Å². The lowest BCUT2D eigenvalue weighted by Crippen LogP contribution is -2.06. The van der Waals surface area contributed by atoms with Gasteiger partial charge < -0.3 is 10.2 Å². The molecule has 1 aliphatic carbocycles. The van der Waals surface area contributed by atoms with Crippen molar-refractivity contribution in [3.63, 3.8) is 0 Å². The van der Waals surface area contributed by atoms with Crippen LogP contribution in [-0.4, -0.2) is 22.2 Å². The van der Waals surface area contributed by atoms with Crippen molar-refractivity contribution in [3.05, 3.63) is 23.3 Å². The molecule has 0 radical (unpaired) electrons. The second kappa shape index (κ2) is 2.81. The van der Waals surface area contributed by atoms with E-state index in [9.17, 15) is 9.59 Å². The van der Waals surface area contributed by atoms with Gasteiger partial charge in [-0.05, 0) is 0 Å². The minimum absolute atomic E-state index is 0.0347. The first-order chi connectivity index (χ1) is 5.52. The zero-order valence-electron chi connectivity index (χ0n) is 6.33. The molecule has 2 N–H and O–H groups in total. The van der Waals surface area contributed by atoms with E-state index in [1.54, 1.807) is 0 Å². The summed E-state index contributed by atoms with van der Waals surface area (Å²) in [6.45, 7) is 3.55. The van der Waals surface area contributed by atoms with Crippen LogP contribution < -0.4 is 0 Å². The van der Waals surface area contributed by atoms with Gasteiger partial charge in [0.1, 0.15) is 0 Å². The van der Waals surface area contributed by atoms with E-state index in [1.807, 2.05) is 0 Å². The highest BCUT2D eigenvalue weighted by molar-refractivity contribution is 6.00. The predicted molar refractivity (Wildman–Crippen MR) is 40.7 cm³/mol. The Morgan fingerprint density at radius 1 is 1.08 bits per heavy atom. The zero-order valence-corrected chi connectivity index (χ0v) is 6.33. The van der Waals surface area contributed by atoms with Crippen LogP contribution in [0.15, 0.2) is 23.3 Å². The highest BCUT2D eigenvalue weighted by Crippen LogP contribution is 2.29. The number of carboxylic acid groups (broad SMARTS) is 2. The average Bonchev–Trinajstić information content (AvgIpc) is 2.31. The van der Waals surface area contributed by atoms with Gasteiger partial charge in [0, 0.05) is 12.8 Å². The Kier molecular flexibility index (Phi) is 1.99. The summed E-state index contributed by atoms with van der Waals surface area (Å²) in [5.41, 5.74) is 0.574. The largest absolute Gasteiger partial charge is 0.478 e. The topological polar surface area (TPSA) is 74.6 Å². The first kappa shape index (κ1) is 8.52. The molecule has 12 heavy (non-hydrogen) atoms. The summed E-state index contributed by atoms with van der Waals surface area (Å²) in [7, 11) is 0. The molecule has 0 amide bonds. The zero-order chi connectivity index (χ0) is 9.30. The lowest BCUT2D eigenvalue weighted by atomic mass is 10.1. The third-order valence-electron chi connectivity index (χ3n) is 1.73. The number of carboxylic acids is 2. The molecular formula is C8H8O4. The Morgan fingerprint density at radius 2 is 1.42 bits per heavy atom. The summed E-state index contributed by atoms with van der Waals surface area (Å²) in [5, 5.41) is 17.2. The van der Waals surface area contributed by atoms with Crippen molar-refractivity contribution in [1.82, 2.24) is 0 Å². The van der Waals surface area contributed by atoms with Gasteiger partial charge in [-0.1, -0.05) is 12.2 Å². The van der Waals surface area contributed by atoms with Gasteiger partial charge in [-0.15, -0.1) is 0 Å². The van der Waals surface area contributed by atoms with Crippen LogP contribution in [0.4, 0.5) is 0 Å². The molecule has 64 valence electrons. The van der Waals surface area contributed by atoms with Crippen LogP contribution in [-0.2, 0) is 9.59 Å². The average molecular weight is 168 g/mol. The molecule has 4 nitrogen and oxygen atoms in total. The summed E-state index contributed by atoms with van der Waals surface area (Å²) < 4.78 is 0. The Morgan fingerprint density at radius 3 is 1.67 bits per heavy atom. The number of aliphatic carboxylic acids is 2. The fourth-order valence-electron chi connectivity index (χ4n) is 1.19. The van der Waals surface area contributed by atoms with Crippen LogP contribution in [0.2, 0.25) is 0 Å². The van der Waals surface area contributed by atoms with Crippen molar-refractivity contribution in [3.8, 4) is 0 Å². The standard InChI is InChI=1S/C8H8O4/c1-4-2-5(7(9)10)6(3-4)8(11)12/h1-3H2,(H,9,10)(H,11,12). The van der Waals surface area contributed by atoms with Crippen molar-refractivity contribution in [2.45, 2.75) is 12.8 Å². The molecular weight excluding hydrogens is 160 g/mol. The van der Waals surface area contributed by atoms with Crippen molar-refractivity contribution >= 4 is 11.9 Å². The van der Waals surface area contributed by atoms with E-state index in [4.69, 9.17) is 10.2 Å². The van der Waals surface area contributed by atoms with Crippen molar-refractivity contribution in [2.24, 2.45) is 0 Å². The molecule has 0 aromatic carbocycles. The Hall–Kier alpha value is -1.58. The normalized spacial score (nSPS) is 16.8. The molecule has 0 saturated heterocycles. The van der Waals surface area contributed by atoms with Gasteiger partial charge >= 0.3 is 11.9 Å². The first-order valence-corrected chi connectivity index (χ1v) is 3.37. The van der Waals surface area contributed by atoms with Crippen molar-refractivity contribution in [2.75, 3.05) is 0 Å². The number of allylic oxidation sites excluding steroid dienone is 1. The van der Waals surface area contributed by atoms with Crippen molar-refractivity contribution < 1.29 is 19.8 Å². The van der Waals surface area contributed by atoms with E-state index in [1.165, 1.54) is 0 Å². The molecule has 0 aromatic heterocycles. The fraction of sp³-hybridized carbons (Fsp3) is 0.250. The summed E-state index contributed by atoms with van der Waals surface area (Å²) in [5.74, 6) is -2.32. The molecule has 0 atom stereocenters. The minimum Gasteiger partial charge on any atom is -0.478 e. The maximum Gasteiger partial charge on any atom is 0.332 e. The number of hydrogen-bond acceptors (Lipinski definition) is 2. The number of carbonyl (C=O) groups is 2. The Bertz CT molecular complexity index is 270. The van der Waals surface area contributed by atoms with Gasteiger partial charge in [-0.3, -0.25) is 0 Å². The molecule has 1 rings (SSSR count). The third kappa shape index (κ3) is 1.37. The maximum absolute atomic E-state index is 10.5. The van der Waals surface area contributed by atoms with Crippen molar-refractivity contribution in [1.29, 1.82) is 0 Å². The predicted octanol–water partition coefficient (Wildman–Crippen LogP) is 0.802. The molecule has 0 unspecified atom stereocenters. The lowest BCUT2D eigenvalue weighted by molar-refractivity contribution is -0.135. The van der Waals surface area contributed by atoms with Gasteiger partial charge in [-0.2, -0.15) is 0 Å². The third-order valence-corrected chi connectivity index (χ3v) is 1.73. The van der Waals surface area contributed by atoms with E-state index >= 15 is 0 Å². The summed E-state index contributed by atoms with van der Waals surface area (Å²) >= 11 is 0. The van der Waals surface area contributed by atoms with Gasteiger partial charge in [-0.25, -0.2) is 9.59 Å². The van der Waals surface area contributed by atoms with Gasteiger partial charge in [0.15, 0.2) is 0 Å². The van der Waals surface area contributed by atoms with Gasteiger partial charge in [0.05, 0.1) is 11.1 Å². The molecule has 0 aromatic rings. The van der Waals surface area contributed by atoms with E-state index < -0.39 is 11.9 Å². The number of rotatable bonds is 2. The Balaban J connectivity index is 3.04. The van der Waals surface area contributed by atoms with E-state index in [0.29, 0.717) is 5.57 Å². The highest BCUT2D eigenvalue weighted by atomic mass is 16.4. The molecule has 0 spiro atoms. The SMILES string of the molecule is C=C1CC(C(=O)O)=C(C(=O)O)C1. The minimum atomic E-state index is -1.16. The van der Waals surface area contributed by atoms with E-state index in [-0.39, 0.29) is 24.0 Å². The fourth-order valence-corrected chi connectivity index (χ4v) is 1.19. The van der Waals surface area contributed by atoms with Crippen LogP contribution >= 0.6 is 0 Å². The maximum atomic E-state index is 10.5. The van der Waals surface area contributed by atoms with E-state index in [0.717, 1.165) is 0 Å². The number of hydrogen-bond donors (Lipinski definition) is 2.